The first kappa shape index (κ1) is 14.1. The summed E-state index contributed by atoms with van der Waals surface area (Å²) in [6.07, 6.45) is 0. The molecule has 1 atom stereocenters. The summed E-state index contributed by atoms with van der Waals surface area (Å²) in [5, 5.41) is 3.27. The quantitative estimate of drug-likeness (QED) is 0.835. The fraction of sp³-hybridized carbons (Fsp3) is 0.583. The van der Waals surface area contributed by atoms with Gasteiger partial charge in [0, 0.05) is 25.7 Å². The van der Waals surface area contributed by atoms with Crippen LogP contribution in [0.15, 0.2) is 10.5 Å². The Morgan fingerprint density at radius 2 is 2.24 bits per heavy atom. The van der Waals surface area contributed by atoms with Crippen molar-refractivity contribution in [1.82, 2.24) is 10.2 Å². The number of amides is 1. The van der Waals surface area contributed by atoms with Crippen LogP contribution >= 0.6 is 12.4 Å². The van der Waals surface area contributed by atoms with Crippen LogP contribution in [0, 0.1) is 13.8 Å². The Hall–Kier alpha value is -1.000. The van der Waals surface area contributed by atoms with Gasteiger partial charge < -0.3 is 14.6 Å². The SMILES string of the molecule is Cc1cc(C(=O)N2CCNC[C@H]2C)c(C)o1.Cl. The lowest BCUT2D eigenvalue weighted by atomic mass is 10.1. The van der Waals surface area contributed by atoms with Gasteiger partial charge in [-0.1, -0.05) is 0 Å². The van der Waals surface area contributed by atoms with E-state index >= 15 is 0 Å². The summed E-state index contributed by atoms with van der Waals surface area (Å²) in [5.41, 5.74) is 0.700. The van der Waals surface area contributed by atoms with Crippen molar-refractivity contribution < 1.29 is 9.21 Å². The molecule has 0 bridgehead atoms. The van der Waals surface area contributed by atoms with E-state index in [9.17, 15) is 4.79 Å². The topological polar surface area (TPSA) is 45.5 Å². The molecular formula is C12H19ClN2O2. The van der Waals surface area contributed by atoms with E-state index in [-0.39, 0.29) is 24.4 Å². The smallest absolute Gasteiger partial charge is 0.257 e. The van der Waals surface area contributed by atoms with Crippen LogP contribution in [0.5, 0.6) is 0 Å². The van der Waals surface area contributed by atoms with Crippen LogP contribution in [-0.4, -0.2) is 36.5 Å². The number of halogens is 1. The van der Waals surface area contributed by atoms with Gasteiger partial charge in [-0.25, -0.2) is 0 Å². The highest BCUT2D eigenvalue weighted by Gasteiger charge is 2.26. The largest absolute Gasteiger partial charge is 0.466 e. The van der Waals surface area contributed by atoms with Gasteiger partial charge in [0.2, 0.25) is 0 Å². The van der Waals surface area contributed by atoms with Crippen molar-refractivity contribution in [3.05, 3.63) is 23.2 Å². The van der Waals surface area contributed by atoms with Gasteiger partial charge in [0.15, 0.2) is 0 Å². The highest BCUT2D eigenvalue weighted by Crippen LogP contribution is 2.17. The van der Waals surface area contributed by atoms with E-state index in [0.717, 1.165) is 25.4 Å². The minimum atomic E-state index is 0. The molecule has 0 aromatic carbocycles. The number of aryl methyl sites for hydroxylation is 2. The second-order valence-corrected chi connectivity index (χ2v) is 4.38. The molecule has 1 amide bonds. The van der Waals surface area contributed by atoms with E-state index in [1.165, 1.54) is 0 Å². The number of nitrogens with one attached hydrogen (secondary N) is 1. The van der Waals surface area contributed by atoms with Gasteiger partial charge in [0.1, 0.15) is 11.5 Å². The Labute approximate surface area is 108 Å². The Morgan fingerprint density at radius 3 is 2.76 bits per heavy atom. The zero-order chi connectivity index (χ0) is 11.7. The molecule has 2 heterocycles. The first-order chi connectivity index (χ1) is 7.59. The molecule has 17 heavy (non-hydrogen) atoms. The molecule has 1 fully saturated rings. The predicted molar refractivity (Wildman–Crippen MR) is 68.8 cm³/mol. The summed E-state index contributed by atoms with van der Waals surface area (Å²) in [6, 6.07) is 2.07. The molecule has 2 rings (SSSR count). The van der Waals surface area contributed by atoms with Crippen LogP contribution in [0.25, 0.3) is 0 Å². The van der Waals surface area contributed by atoms with Crippen LogP contribution in [0.3, 0.4) is 0 Å². The second-order valence-electron chi connectivity index (χ2n) is 4.38. The number of furan rings is 1. The maximum atomic E-state index is 12.3. The van der Waals surface area contributed by atoms with Gasteiger partial charge in [-0.3, -0.25) is 4.79 Å². The number of piperazine rings is 1. The van der Waals surface area contributed by atoms with E-state index < -0.39 is 0 Å². The average molecular weight is 259 g/mol. The van der Waals surface area contributed by atoms with Gasteiger partial charge >= 0.3 is 0 Å². The first-order valence-electron chi connectivity index (χ1n) is 5.68. The maximum Gasteiger partial charge on any atom is 0.257 e. The highest BCUT2D eigenvalue weighted by atomic mass is 35.5. The van der Waals surface area contributed by atoms with Crippen molar-refractivity contribution in [3.8, 4) is 0 Å². The van der Waals surface area contributed by atoms with E-state index in [4.69, 9.17) is 4.42 Å². The lowest BCUT2D eigenvalue weighted by molar-refractivity contribution is 0.0654. The minimum Gasteiger partial charge on any atom is -0.466 e. The zero-order valence-electron chi connectivity index (χ0n) is 10.4. The molecule has 1 N–H and O–H groups in total. The summed E-state index contributed by atoms with van der Waals surface area (Å²) in [6.45, 7) is 8.27. The van der Waals surface area contributed by atoms with Gasteiger partial charge in [0.05, 0.1) is 5.56 Å². The fourth-order valence-corrected chi connectivity index (χ4v) is 2.14. The van der Waals surface area contributed by atoms with Crippen LogP contribution in [-0.2, 0) is 0 Å². The normalized spacial score (nSPS) is 19.9. The molecule has 96 valence electrons. The third-order valence-corrected chi connectivity index (χ3v) is 3.03. The molecule has 0 unspecified atom stereocenters. The van der Waals surface area contributed by atoms with E-state index in [2.05, 4.69) is 12.2 Å². The Bertz CT molecular complexity index is 403. The molecular weight excluding hydrogens is 240 g/mol. The van der Waals surface area contributed by atoms with Crippen molar-refractivity contribution in [2.45, 2.75) is 26.8 Å². The summed E-state index contributed by atoms with van der Waals surface area (Å²) in [5.74, 6) is 1.60. The number of nitrogens with zero attached hydrogens (tertiary/aromatic N) is 1. The van der Waals surface area contributed by atoms with Gasteiger partial charge in [-0.2, -0.15) is 0 Å². The van der Waals surface area contributed by atoms with Crippen molar-refractivity contribution >= 4 is 18.3 Å². The molecule has 0 spiro atoms. The highest BCUT2D eigenvalue weighted by molar-refractivity contribution is 5.95. The van der Waals surface area contributed by atoms with Crippen molar-refractivity contribution in [2.75, 3.05) is 19.6 Å². The summed E-state index contributed by atoms with van der Waals surface area (Å²) in [4.78, 5) is 14.2. The minimum absolute atomic E-state index is 0. The van der Waals surface area contributed by atoms with E-state index in [1.54, 1.807) is 0 Å². The van der Waals surface area contributed by atoms with Crippen molar-refractivity contribution in [2.24, 2.45) is 0 Å². The van der Waals surface area contributed by atoms with Crippen LogP contribution in [0.4, 0.5) is 0 Å². The molecule has 5 heteroatoms. The number of rotatable bonds is 1. The monoisotopic (exact) mass is 258 g/mol. The van der Waals surface area contributed by atoms with Crippen LogP contribution in [0.2, 0.25) is 0 Å². The number of carbonyl (C=O) groups is 1. The number of hydrogen-bond acceptors (Lipinski definition) is 3. The standard InChI is InChI=1S/C12H18N2O2.ClH/c1-8-7-13-4-5-14(8)12(15)11-6-9(2)16-10(11)3;/h6,8,13H,4-5,7H2,1-3H3;1H/t8-;/m1./s1. The molecule has 1 aliphatic rings. The number of hydrogen-bond donors (Lipinski definition) is 1. The van der Waals surface area contributed by atoms with E-state index in [1.807, 2.05) is 24.8 Å². The molecule has 0 radical (unpaired) electrons. The predicted octanol–water partition coefficient (Wildman–Crippen LogP) is 1.75. The Morgan fingerprint density at radius 1 is 1.53 bits per heavy atom. The van der Waals surface area contributed by atoms with E-state index in [0.29, 0.717) is 11.3 Å². The molecule has 1 aliphatic heterocycles. The van der Waals surface area contributed by atoms with Crippen LogP contribution < -0.4 is 5.32 Å². The fourth-order valence-electron chi connectivity index (χ4n) is 2.14. The lowest BCUT2D eigenvalue weighted by Gasteiger charge is -2.33. The van der Waals surface area contributed by atoms with Crippen molar-refractivity contribution in [1.29, 1.82) is 0 Å². The van der Waals surface area contributed by atoms with Gasteiger partial charge in [0.25, 0.3) is 5.91 Å². The third-order valence-electron chi connectivity index (χ3n) is 3.03. The summed E-state index contributed by atoms with van der Waals surface area (Å²) < 4.78 is 5.40. The summed E-state index contributed by atoms with van der Waals surface area (Å²) in [7, 11) is 0. The van der Waals surface area contributed by atoms with Gasteiger partial charge in [-0.05, 0) is 26.8 Å². The average Bonchev–Trinajstić information content (AvgIpc) is 2.58. The lowest BCUT2D eigenvalue weighted by Crippen LogP contribution is -2.52. The molecule has 1 aromatic heterocycles. The molecule has 1 aromatic rings. The molecule has 0 saturated carbocycles. The molecule has 1 saturated heterocycles. The third kappa shape index (κ3) is 2.82. The van der Waals surface area contributed by atoms with Gasteiger partial charge in [-0.15, -0.1) is 12.4 Å². The second kappa shape index (κ2) is 5.56. The Balaban J connectivity index is 0.00000144. The molecule has 0 aliphatic carbocycles. The first-order valence-corrected chi connectivity index (χ1v) is 5.68. The Kier molecular flexibility index (Phi) is 4.60. The van der Waals surface area contributed by atoms with Crippen molar-refractivity contribution in [3.63, 3.8) is 0 Å². The zero-order valence-corrected chi connectivity index (χ0v) is 11.3. The number of carbonyl (C=O) groups excluding carboxylic acids is 1. The van der Waals surface area contributed by atoms with Crippen LogP contribution in [0.1, 0.15) is 28.8 Å². The maximum absolute atomic E-state index is 12.3. The molecule has 4 nitrogen and oxygen atoms in total. The summed E-state index contributed by atoms with van der Waals surface area (Å²) >= 11 is 0.